The van der Waals surface area contributed by atoms with Crippen LogP contribution >= 0.6 is 0 Å². The van der Waals surface area contributed by atoms with Crippen LogP contribution in [0.1, 0.15) is 28.4 Å². The Morgan fingerprint density at radius 3 is 2.33 bits per heavy atom. The Morgan fingerprint density at radius 2 is 1.78 bits per heavy atom. The van der Waals surface area contributed by atoms with E-state index in [1.165, 1.54) is 33.3 Å². The molecule has 0 aromatic heterocycles. The van der Waals surface area contributed by atoms with Crippen molar-refractivity contribution >= 4 is 15.9 Å². The maximum atomic E-state index is 13.0. The topological polar surface area (TPSA) is 66.9 Å². The number of ether oxygens (including phenoxy) is 1. The van der Waals surface area contributed by atoms with Crippen LogP contribution in [0.15, 0.2) is 47.4 Å². The second-order valence-electron chi connectivity index (χ2n) is 6.40. The largest absolute Gasteiger partial charge is 0.495 e. The molecule has 146 valence electrons. The van der Waals surface area contributed by atoms with Crippen LogP contribution in [0, 0.1) is 6.92 Å². The Bertz CT molecular complexity index is 923. The number of benzene rings is 2. The summed E-state index contributed by atoms with van der Waals surface area (Å²) in [5.74, 6) is -0.0131. The molecule has 7 heteroatoms. The van der Waals surface area contributed by atoms with Crippen LogP contribution in [0.5, 0.6) is 5.75 Å². The average molecular weight is 391 g/mol. The van der Waals surface area contributed by atoms with E-state index in [4.69, 9.17) is 4.74 Å². The molecule has 0 aliphatic heterocycles. The third-order valence-corrected chi connectivity index (χ3v) is 6.30. The summed E-state index contributed by atoms with van der Waals surface area (Å²) in [4.78, 5) is 14.7. The number of rotatable bonds is 7. The molecular weight excluding hydrogens is 364 g/mol. The van der Waals surface area contributed by atoms with Crippen molar-refractivity contribution in [3.8, 4) is 5.75 Å². The molecule has 6 nitrogen and oxygen atoms in total. The summed E-state index contributed by atoms with van der Waals surface area (Å²) < 4.78 is 31.5. The molecule has 0 heterocycles. The molecule has 27 heavy (non-hydrogen) atoms. The van der Waals surface area contributed by atoms with E-state index in [2.05, 4.69) is 0 Å². The monoisotopic (exact) mass is 390 g/mol. The Kier molecular flexibility index (Phi) is 6.62. The minimum Gasteiger partial charge on any atom is -0.495 e. The number of hydrogen-bond acceptors (Lipinski definition) is 4. The van der Waals surface area contributed by atoms with Gasteiger partial charge in [0.05, 0.1) is 7.11 Å². The minimum atomic E-state index is -3.74. The zero-order chi connectivity index (χ0) is 20.2. The fourth-order valence-corrected chi connectivity index (χ4v) is 3.79. The van der Waals surface area contributed by atoms with Crippen LogP contribution in [-0.4, -0.2) is 51.3 Å². The van der Waals surface area contributed by atoms with Crippen LogP contribution < -0.4 is 4.74 Å². The standard InChI is InChI=1S/C20H26N2O4S/c1-6-22(14-17-10-8-7-9-15(17)2)20(23)16-11-12-18(26-5)19(13-16)27(24,25)21(3)4/h7-13H,6,14H2,1-5H3. The molecule has 0 N–H and O–H groups in total. The summed E-state index contributed by atoms with van der Waals surface area (Å²) in [6, 6.07) is 12.4. The van der Waals surface area contributed by atoms with E-state index in [0.29, 0.717) is 18.7 Å². The number of sulfonamides is 1. The highest BCUT2D eigenvalue weighted by atomic mass is 32.2. The lowest BCUT2D eigenvalue weighted by atomic mass is 10.1. The van der Waals surface area contributed by atoms with Gasteiger partial charge in [-0.05, 0) is 43.2 Å². The number of carbonyl (C=O) groups excluding carboxylic acids is 1. The molecule has 0 aliphatic rings. The van der Waals surface area contributed by atoms with Gasteiger partial charge in [-0.3, -0.25) is 4.79 Å². The van der Waals surface area contributed by atoms with E-state index in [9.17, 15) is 13.2 Å². The molecule has 0 saturated carbocycles. The van der Waals surface area contributed by atoms with E-state index < -0.39 is 10.0 Å². The molecule has 0 aliphatic carbocycles. The van der Waals surface area contributed by atoms with Crippen LogP contribution in [0.25, 0.3) is 0 Å². The summed E-state index contributed by atoms with van der Waals surface area (Å²) in [5, 5.41) is 0. The smallest absolute Gasteiger partial charge is 0.254 e. The van der Waals surface area contributed by atoms with E-state index >= 15 is 0 Å². The summed E-state index contributed by atoms with van der Waals surface area (Å²) in [5.41, 5.74) is 2.48. The first-order valence-electron chi connectivity index (χ1n) is 8.66. The normalized spacial score (nSPS) is 11.5. The van der Waals surface area contributed by atoms with Gasteiger partial charge in [-0.1, -0.05) is 24.3 Å². The van der Waals surface area contributed by atoms with Gasteiger partial charge in [0.15, 0.2) is 0 Å². The number of amides is 1. The van der Waals surface area contributed by atoms with Crippen molar-refractivity contribution in [2.75, 3.05) is 27.7 Å². The predicted octanol–water partition coefficient (Wildman–Crippen LogP) is 2.92. The van der Waals surface area contributed by atoms with E-state index in [1.54, 1.807) is 11.0 Å². The lowest BCUT2D eigenvalue weighted by Crippen LogP contribution is -2.31. The minimum absolute atomic E-state index is 0.0206. The van der Waals surface area contributed by atoms with Crippen LogP contribution in [0.2, 0.25) is 0 Å². The van der Waals surface area contributed by atoms with Crippen molar-refractivity contribution in [3.63, 3.8) is 0 Å². The maximum absolute atomic E-state index is 13.0. The fourth-order valence-electron chi connectivity index (χ4n) is 2.71. The van der Waals surface area contributed by atoms with Gasteiger partial charge in [0, 0.05) is 32.7 Å². The molecule has 0 saturated heterocycles. The third kappa shape index (κ3) is 4.48. The molecule has 2 aromatic rings. The van der Waals surface area contributed by atoms with Gasteiger partial charge in [0.2, 0.25) is 10.0 Å². The lowest BCUT2D eigenvalue weighted by Gasteiger charge is -2.23. The Hall–Kier alpha value is -2.38. The highest BCUT2D eigenvalue weighted by molar-refractivity contribution is 7.89. The lowest BCUT2D eigenvalue weighted by molar-refractivity contribution is 0.0752. The third-order valence-electron chi connectivity index (χ3n) is 4.46. The number of methoxy groups -OCH3 is 1. The van der Waals surface area contributed by atoms with Crippen LogP contribution in [-0.2, 0) is 16.6 Å². The predicted molar refractivity (Wildman–Crippen MR) is 105 cm³/mol. The van der Waals surface area contributed by atoms with E-state index in [1.807, 2.05) is 38.1 Å². The summed E-state index contributed by atoms with van der Waals surface area (Å²) in [6.45, 7) is 4.87. The van der Waals surface area contributed by atoms with Gasteiger partial charge in [-0.15, -0.1) is 0 Å². The quantitative estimate of drug-likeness (QED) is 0.729. The van der Waals surface area contributed by atoms with Gasteiger partial charge in [0.1, 0.15) is 10.6 Å². The molecule has 0 atom stereocenters. The van der Waals surface area contributed by atoms with Crippen LogP contribution in [0.4, 0.5) is 0 Å². The first-order chi connectivity index (χ1) is 12.7. The summed E-state index contributed by atoms with van der Waals surface area (Å²) in [6.07, 6.45) is 0. The summed E-state index contributed by atoms with van der Waals surface area (Å²) >= 11 is 0. The zero-order valence-corrected chi connectivity index (χ0v) is 17.2. The second-order valence-corrected chi connectivity index (χ2v) is 8.52. The Balaban J connectivity index is 2.41. The number of carbonyl (C=O) groups is 1. The van der Waals surface area contributed by atoms with Gasteiger partial charge in [-0.25, -0.2) is 12.7 Å². The molecular formula is C20H26N2O4S. The van der Waals surface area contributed by atoms with Gasteiger partial charge in [0.25, 0.3) is 5.91 Å². The molecule has 2 rings (SSSR count). The molecule has 0 unspecified atom stereocenters. The van der Waals surface area contributed by atoms with Gasteiger partial charge >= 0.3 is 0 Å². The summed E-state index contributed by atoms with van der Waals surface area (Å²) in [7, 11) is 0.557. The van der Waals surface area contributed by atoms with Gasteiger partial charge in [-0.2, -0.15) is 0 Å². The SMILES string of the molecule is CCN(Cc1ccccc1C)C(=O)c1ccc(OC)c(S(=O)(=O)N(C)C)c1. The van der Waals surface area contributed by atoms with Crippen molar-refractivity contribution in [2.24, 2.45) is 0 Å². The fraction of sp³-hybridized carbons (Fsp3) is 0.350. The molecule has 2 aromatic carbocycles. The van der Waals surface area contributed by atoms with Crippen molar-refractivity contribution in [3.05, 3.63) is 59.2 Å². The average Bonchev–Trinajstić information content (AvgIpc) is 2.66. The van der Waals surface area contributed by atoms with Crippen LogP contribution in [0.3, 0.4) is 0 Å². The highest BCUT2D eigenvalue weighted by Crippen LogP contribution is 2.27. The molecule has 0 bridgehead atoms. The van der Waals surface area contributed by atoms with Crippen molar-refractivity contribution in [1.29, 1.82) is 0 Å². The zero-order valence-electron chi connectivity index (χ0n) is 16.4. The molecule has 0 fully saturated rings. The van der Waals surface area contributed by atoms with Crippen molar-refractivity contribution < 1.29 is 17.9 Å². The first-order valence-corrected chi connectivity index (χ1v) is 10.1. The van der Waals surface area contributed by atoms with Crippen molar-refractivity contribution in [2.45, 2.75) is 25.3 Å². The molecule has 1 amide bonds. The number of nitrogens with zero attached hydrogens (tertiary/aromatic N) is 2. The highest BCUT2D eigenvalue weighted by Gasteiger charge is 2.25. The number of aryl methyl sites for hydroxylation is 1. The Labute approximate surface area is 161 Å². The molecule has 0 spiro atoms. The second kappa shape index (κ2) is 8.54. The molecule has 0 radical (unpaired) electrons. The van der Waals surface area contributed by atoms with Crippen molar-refractivity contribution in [1.82, 2.24) is 9.21 Å². The van der Waals surface area contributed by atoms with E-state index in [-0.39, 0.29) is 16.6 Å². The maximum Gasteiger partial charge on any atom is 0.254 e. The van der Waals surface area contributed by atoms with Gasteiger partial charge < -0.3 is 9.64 Å². The first kappa shape index (κ1) is 20.9. The number of hydrogen-bond donors (Lipinski definition) is 0. The Morgan fingerprint density at radius 1 is 1.11 bits per heavy atom. The van der Waals surface area contributed by atoms with E-state index in [0.717, 1.165) is 15.4 Å².